The summed E-state index contributed by atoms with van der Waals surface area (Å²) < 4.78 is 5.08. The zero-order valence-corrected chi connectivity index (χ0v) is 10.3. The van der Waals surface area contributed by atoms with Gasteiger partial charge in [-0.25, -0.2) is 4.98 Å². The fourth-order valence-corrected chi connectivity index (χ4v) is 1.39. The Hall–Kier alpha value is -2.27. The number of terminal acetylenes is 1. The molecular formula is C10H8N6OS. The lowest BCUT2D eigenvalue weighted by Crippen LogP contribution is -2.02. The van der Waals surface area contributed by atoms with Crippen molar-refractivity contribution < 1.29 is 4.74 Å². The molecule has 0 aliphatic heterocycles. The van der Waals surface area contributed by atoms with Crippen LogP contribution in [0.3, 0.4) is 0 Å². The SMILES string of the molecule is C#CCOc1nncc(-c2cnnc(SC)n2)n1. The standard InChI is InChI=1S/C10H8N6OS/c1-3-4-17-9-13-7(5-11-15-9)8-6-12-16-10(14-8)18-2/h1,5-6H,4H2,2H3. The molecule has 2 aromatic heterocycles. The molecule has 0 aromatic carbocycles. The second-order valence-corrected chi connectivity index (χ2v) is 3.72. The summed E-state index contributed by atoms with van der Waals surface area (Å²) in [4.78, 5) is 8.37. The molecule has 2 rings (SSSR count). The quantitative estimate of drug-likeness (QED) is 0.578. The Balaban J connectivity index is 2.29. The number of thioether (sulfide) groups is 1. The van der Waals surface area contributed by atoms with E-state index in [1.807, 2.05) is 6.26 Å². The lowest BCUT2D eigenvalue weighted by Gasteiger charge is -2.02. The van der Waals surface area contributed by atoms with Crippen molar-refractivity contribution >= 4 is 11.8 Å². The van der Waals surface area contributed by atoms with Gasteiger partial charge in [0.1, 0.15) is 11.4 Å². The molecular weight excluding hydrogens is 252 g/mol. The van der Waals surface area contributed by atoms with Crippen molar-refractivity contribution in [2.24, 2.45) is 0 Å². The highest BCUT2D eigenvalue weighted by atomic mass is 32.2. The van der Waals surface area contributed by atoms with Crippen molar-refractivity contribution in [3.05, 3.63) is 12.4 Å². The highest BCUT2D eigenvalue weighted by Gasteiger charge is 2.07. The van der Waals surface area contributed by atoms with Crippen LogP contribution in [0, 0.1) is 12.3 Å². The number of ether oxygens (including phenoxy) is 1. The smallest absolute Gasteiger partial charge is 0.337 e. The molecule has 8 heteroatoms. The normalized spacial score (nSPS) is 9.78. The summed E-state index contributed by atoms with van der Waals surface area (Å²) in [5.41, 5.74) is 1.05. The number of aromatic nitrogens is 6. The summed E-state index contributed by atoms with van der Waals surface area (Å²) in [6.45, 7) is 0.0865. The van der Waals surface area contributed by atoms with Crippen LogP contribution in [0.25, 0.3) is 11.4 Å². The van der Waals surface area contributed by atoms with Crippen LogP contribution in [-0.2, 0) is 0 Å². The lowest BCUT2D eigenvalue weighted by molar-refractivity contribution is 0.334. The average molecular weight is 260 g/mol. The molecule has 0 atom stereocenters. The fourth-order valence-electron chi connectivity index (χ4n) is 1.08. The first-order chi connectivity index (χ1) is 8.83. The average Bonchev–Trinajstić information content (AvgIpc) is 2.45. The summed E-state index contributed by atoms with van der Waals surface area (Å²) in [6, 6.07) is 0.106. The predicted octanol–water partition coefficient (Wildman–Crippen LogP) is 0.457. The van der Waals surface area contributed by atoms with Crippen molar-refractivity contribution in [1.29, 1.82) is 0 Å². The number of nitrogens with zero attached hydrogens (tertiary/aromatic N) is 6. The predicted molar refractivity (Wildman–Crippen MR) is 64.8 cm³/mol. The third kappa shape index (κ3) is 2.89. The van der Waals surface area contributed by atoms with Crippen LogP contribution in [0.15, 0.2) is 17.6 Å². The van der Waals surface area contributed by atoms with E-state index in [0.717, 1.165) is 0 Å². The van der Waals surface area contributed by atoms with Gasteiger partial charge in [-0.1, -0.05) is 22.8 Å². The van der Waals surface area contributed by atoms with Gasteiger partial charge in [-0.05, 0) is 6.26 Å². The van der Waals surface area contributed by atoms with E-state index in [0.29, 0.717) is 16.5 Å². The Morgan fingerprint density at radius 2 is 1.94 bits per heavy atom. The topological polar surface area (TPSA) is 86.6 Å². The summed E-state index contributed by atoms with van der Waals surface area (Å²) in [5.74, 6) is 2.32. The number of hydrogen-bond acceptors (Lipinski definition) is 8. The van der Waals surface area contributed by atoms with Crippen LogP contribution in [0.2, 0.25) is 0 Å². The Morgan fingerprint density at radius 1 is 1.22 bits per heavy atom. The maximum Gasteiger partial charge on any atom is 0.337 e. The Bertz CT molecular complexity index is 585. The van der Waals surface area contributed by atoms with Gasteiger partial charge in [-0.15, -0.1) is 11.5 Å². The van der Waals surface area contributed by atoms with Crippen LogP contribution < -0.4 is 4.74 Å². The molecule has 0 fully saturated rings. The van der Waals surface area contributed by atoms with Crippen LogP contribution in [0.4, 0.5) is 0 Å². The van der Waals surface area contributed by atoms with Gasteiger partial charge in [0.2, 0.25) is 5.16 Å². The third-order valence-electron chi connectivity index (χ3n) is 1.81. The van der Waals surface area contributed by atoms with Crippen molar-refractivity contribution in [2.75, 3.05) is 12.9 Å². The van der Waals surface area contributed by atoms with Crippen molar-refractivity contribution in [1.82, 2.24) is 30.4 Å². The summed E-state index contributed by atoms with van der Waals surface area (Å²) >= 11 is 1.39. The second kappa shape index (κ2) is 5.88. The van der Waals surface area contributed by atoms with E-state index in [2.05, 4.69) is 36.3 Å². The van der Waals surface area contributed by atoms with Gasteiger partial charge in [0.25, 0.3) is 0 Å². The summed E-state index contributed by atoms with van der Waals surface area (Å²) in [7, 11) is 0. The summed E-state index contributed by atoms with van der Waals surface area (Å²) in [5, 5.41) is 15.7. The molecule has 90 valence electrons. The van der Waals surface area contributed by atoms with Crippen molar-refractivity contribution in [3.63, 3.8) is 0 Å². The van der Waals surface area contributed by atoms with Gasteiger partial charge >= 0.3 is 6.01 Å². The molecule has 18 heavy (non-hydrogen) atoms. The van der Waals surface area contributed by atoms with E-state index in [9.17, 15) is 0 Å². The summed E-state index contributed by atoms with van der Waals surface area (Å²) in [6.07, 6.45) is 9.90. The largest absolute Gasteiger partial charge is 0.449 e. The first kappa shape index (κ1) is 12.2. The highest BCUT2D eigenvalue weighted by molar-refractivity contribution is 7.98. The Labute approximate surface area is 107 Å². The first-order valence-electron chi connectivity index (χ1n) is 4.83. The van der Waals surface area contributed by atoms with E-state index >= 15 is 0 Å². The highest BCUT2D eigenvalue weighted by Crippen LogP contribution is 2.16. The van der Waals surface area contributed by atoms with Crippen LogP contribution >= 0.6 is 11.8 Å². The Morgan fingerprint density at radius 3 is 2.67 bits per heavy atom. The van der Waals surface area contributed by atoms with Gasteiger partial charge in [-0.2, -0.15) is 15.2 Å². The molecule has 2 aromatic rings. The van der Waals surface area contributed by atoms with Crippen LogP contribution in [0.1, 0.15) is 0 Å². The lowest BCUT2D eigenvalue weighted by atomic mass is 10.3. The molecule has 0 saturated heterocycles. The molecule has 0 bridgehead atoms. The van der Waals surface area contributed by atoms with E-state index in [1.54, 1.807) is 0 Å². The van der Waals surface area contributed by atoms with E-state index in [4.69, 9.17) is 11.2 Å². The van der Waals surface area contributed by atoms with E-state index in [-0.39, 0.29) is 12.6 Å². The fraction of sp³-hybridized carbons (Fsp3) is 0.200. The number of hydrogen-bond donors (Lipinski definition) is 0. The minimum atomic E-state index is 0.0865. The molecule has 2 heterocycles. The molecule has 0 unspecified atom stereocenters. The van der Waals surface area contributed by atoms with Gasteiger partial charge in [0, 0.05) is 0 Å². The first-order valence-corrected chi connectivity index (χ1v) is 6.06. The zero-order chi connectivity index (χ0) is 12.8. The molecule has 0 radical (unpaired) electrons. The molecule has 0 aliphatic carbocycles. The molecule has 0 N–H and O–H groups in total. The van der Waals surface area contributed by atoms with E-state index in [1.165, 1.54) is 24.2 Å². The minimum Gasteiger partial charge on any atom is -0.449 e. The zero-order valence-electron chi connectivity index (χ0n) is 9.44. The van der Waals surface area contributed by atoms with Gasteiger partial charge in [0.15, 0.2) is 6.61 Å². The second-order valence-electron chi connectivity index (χ2n) is 2.95. The minimum absolute atomic E-state index is 0.0865. The van der Waals surface area contributed by atoms with Crippen molar-refractivity contribution in [3.8, 4) is 29.7 Å². The van der Waals surface area contributed by atoms with Gasteiger partial charge in [-0.3, -0.25) is 0 Å². The molecule has 0 spiro atoms. The van der Waals surface area contributed by atoms with Gasteiger partial charge < -0.3 is 4.74 Å². The van der Waals surface area contributed by atoms with Crippen LogP contribution in [-0.4, -0.2) is 43.2 Å². The molecule has 7 nitrogen and oxygen atoms in total. The molecule has 0 amide bonds. The van der Waals surface area contributed by atoms with Crippen LogP contribution in [0.5, 0.6) is 6.01 Å². The monoisotopic (exact) mass is 260 g/mol. The van der Waals surface area contributed by atoms with Crippen molar-refractivity contribution in [2.45, 2.75) is 5.16 Å². The van der Waals surface area contributed by atoms with Gasteiger partial charge in [0.05, 0.1) is 12.4 Å². The number of rotatable bonds is 4. The maximum absolute atomic E-state index is 5.08. The Kier molecular flexibility index (Phi) is 3.98. The maximum atomic E-state index is 5.08. The molecule has 0 saturated carbocycles. The van der Waals surface area contributed by atoms with E-state index < -0.39 is 0 Å². The third-order valence-corrected chi connectivity index (χ3v) is 2.35. The molecule has 0 aliphatic rings.